The highest BCUT2D eigenvalue weighted by atomic mass is 79.9. The number of aromatic nitrogens is 2. The van der Waals surface area contributed by atoms with Gasteiger partial charge in [-0.3, -0.25) is 9.59 Å². The number of thioether (sulfide) groups is 1. The molecule has 2 N–H and O–H groups in total. The summed E-state index contributed by atoms with van der Waals surface area (Å²) in [6.45, 7) is 3.47. The summed E-state index contributed by atoms with van der Waals surface area (Å²) in [5.41, 5.74) is 1.76. The van der Waals surface area contributed by atoms with Crippen LogP contribution in [0.25, 0.3) is 11.3 Å². The summed E-state index contributed by atoms with van der Waals surface area (Å²) in [6.07, 6.45) is 0. The minimum atomic E-state index is -0.420. The molecule has 2 amide bonds. The van der Waals surface area contributed by atoms with Gasteiger partial charge in [0.25, 0.3) is 0 Å². The topological polar surface area (TPSA) is 97.1 Å². The Morgan fingerprint density at radius 2 is 2.14 bits per heavy atom. The highest BCUT2D eigenvalue weighted by Gasteiger charge is 2.17. The second kappa shape index (κ2) is 9.35. The molecule has 0 bridgehead atoms. The number of benzene rings is 1. The van der Waals surface area contributed by atoms with Gasteiger partial charge in [0.1, 0.15) is 5.76 Å². The van der Waals surface area contributed by atoms with E-state index in [9.17, 15) is 9.59 Å². The van der Waals surface area contributed by atoms with Gasteiger partial charge in [0, 0.05) is 21.5 Å². The molecule has 2 aromatic heterocycles. The summed E-state index contributed by atoms with van der Waals surface area (Å²) in [4.78, 5) is 28.7. The van der Waals surface area contributed by atoms with Gasteiger partial charge >= 0.3 is 0 Å². The van der Waals surface area contributed by atoms with Crippen LogP contribution in [0.5, 0.6) is 0 Å². The molecule has 1 atom stereocenters. The van der Waals surface area contributed by atoms with Crippen LogP contribution >= 0.6 is 39.0 Å². The van der Waals surface area contributed by atoms with E-state index in [1.165, 1.54) is 23.1 Å². The number of nitrogens with one attached hydrogen (secondary N) is 2. The lowest BCUT2D eigenvalue weighted by Crippen LogP contribution is -2.25. The summed E-state index contributed by atoms with van der Waals surface area (Å²) in [6, 6.07) is 9.43. The number of carbonyl (C=O) groups is 2. The number of carbonyl (C=O) groups excluding carboxylic acids is 2. The molecule has 3 rings (SSSR count). The first-order valence-electron chi connectivity index (χ1n) is 8.28. The second-order valence-corrected chi connectivity index (χ2v) is 8.96. The predicted octanol–water partition coefficient (Wildman–Crippen LogP) is 4.57. The molecule has 0 aliphatic heterocycles. The van der Waals surface area contributed by atoms with E-state index < -0.39 is 5.25 Å². The molecule has 7 nitrogen and oxygen atoms in total. The molecule has 1 aromatic carbocycles. The quantitative estimate of drug-likeness (QED) is 0.513. The van der Waals surface area contributed by atoms with Crippen molar-refractivity contribution in [2.75, 3.05) is 16.4 Å². The van der Waals surface area contributed by atoms with Crippen molar-refractivity contribution >= 4 is 61.8 Å². The number of amides is 2. The molecule has 10 heteroatoms. The highest BCUT2D eigenvalue weighted by Crippen LogP contribution is 2.27. The van der Waals surface area contributed by atoms with Gasteiger partial charge in [0.2, 0.25) is 11.8 Å². The molecule has 0 aliphatic carbocycles. The van der Waals surface area contributed by atoms with Crippen molar-refractivity contribution in [2.45, 2.75) is 19.1 Å². The minimum Gasteiger partial charge on any atom is -0.360 e. The van der Waals surface area contributed by atoms with Crippen LogP contribution in [0, 0.1) is 6.92 Å². The summed E-state index contributed by atoms with van der Waals surface area (Å²) in [7, 11) is 0. The van der Waals surface area contributed by atoms with E-state index in [0.29, 0.717) is 16.7 Å². The number of thiazole rings is 1. The van der Waals surface area contributed by atoms with Crippen LogP contribution in [0.15, 0.2) is 44.7 Å². The van der Waals surface area contributed by atoms with E-state index in [4.69, 9.17) is 4.52 Å². The molecule has 0 radical (unpaired) electrons. The highest BCUT2D eigenvalue weighted by molar-refractivity contribution is 9.10. The Hall–Kier alpha value is -2.17. The molecule has 0 fully saturated rings. The standard InChI is InChI=1S/C18H17BrN4O3S2/c1-10-6-15(23-26-10)21-17(25)11(2)27-9-16(24)22-18-20-14(8-28-18)12-4-3-5-13(19)7-12/h3-8,11H,9H2,1-2H3,(H,20,22,24)(H,21,23,25). The van der Waals surface area contributed by atoms with Crippen LogP contribution < -0.4 is 10.6 Å². The number of nitrogens with zero attached hydrogens (tertiary/aromatic N) is 2. The normalized spacial score (nSPS) is 11.8. The van der Waals surface area contributed by atoms with E-state index >= 15 is 0 Å². The van der Waals surface area contributed by atoms with Gasteiger partial charge < -0.3 is 15.2 Å². The Morgan fingerprint density at radius 3 is 2.86 bits per heavy atom. The Bertz CT molecular complexity index is 989. The maximum absolute atomic E-state index is 12.2. The minimum absolute atomic E-state index is 0.137. The summed E-state index contributed by atoms with van der Waals surface area (Å²) in [5.74, 6) is 0.662. The number of hydrogen-bond acceptors (Lipinski definition) is 7. The van der Waals surface area contributed by atoms with Crippen molar-refractivity contribution in [3.8, 4) is 11.3 Å². The van der Waals surface area contributed by atoms with Gasteiger partial charge in [-0.25, -0.2) is 4.98 Å². The molecule has 0 saturated carbocycles. The van der Waals surface area contributed by atoms with Crippen LogP contribution in [0.3, 0.4) is 0 Å². The predicted molar refractivity (Wildman–Crippen MR) is 116 cm³/mol. The van der Waals surface area contributed by atoms with E-state index in [2.05, 4.69) is 36.7 Å². The average Bonchev–Trinajstić information content (AvgIpc) is 3.28. The summed E-state index contributed by atoms with van der Waals surface area (Å²) >= 11 is 6.02. The third-order valence-electron chi connectivity index (χ3n) is 3.58. The van der Waals surface area contributed by atoms with Gasteiger partial charge in [0.05, 0.1) is 16.7 Å². The van der Waals surface area contributed by atoms with Crippen molar-refractivity contribution in [1.82, 2.24) is 10.1 Å². The second-order valence-electron chi connectivity index (χ2n) is 5.86. The van der Waals surface area contributed by atoms with Crippen molar-refractivity contribution in [1.29, 1.82) is 0 Å². The largest absolute Gasteiger partial charge is 0.360 e. The molecular formula is C18H17BrN4O3S2. The van der Waals surface area contributed by atoms with Gasteiger partial charge in [-0.15, -0.1) is 23.1 Å². The average molecular weight is 481 g/mol. The third-order valence-corrected chi connectivity index (χ3v) is 5.98. The van der Waals surface area contributed by atoms with E-state index in [1.54, 1.807) is 19.9 Å². The van der Waals surface area contributed by atoms with Crippen molar-refractivity contribution in [3.05, 3.63) is 45.9 Å². The monoisotopic (exact) mass is 480 g/mol. The Kier molecular flexibility index (Phi) is 6.87. The molecule has 0 saturated heterocycles. The molecule has 2 heterocycles. The van der Waals surface area contributed by atoms with Gasteiger partial charge in [-0.05, 0) is 26.0 Å². The zero-order valence-corrected chi connectivity index (χ0v) is 18.3. The number of halogens is 1. The zero-order chi connectivity index (χ0) is 20.1. The summed E-state index contributed by atoms with van der Waals surface area (Å²) < 4.78 is 5.87. The van der Waals surface area contributed by atoms with Gasteiger partial charge in [-0.2, -0.15) is 0 Å². The van der Waals surface area contributed by atoms with Crippen LogP contribution in [0.2, 0.25) is 0 Å². The fraction of sp³-hybridized carbons (Fsp3) is 0.222. The number of anilines is 2. The van der Waals surface area contributed by atoms with Crippen molar-refractivity contribution in [2.24, 2.45) is 0 Å². The van der Waals surface area contributed by atoms with Crippen molar-refractivity contribution in [3.63, 3.8) is 0 Å². The summed E-state index contributed by atoms with van der Waals surface area (Å²) in [5, 5.41) is 11.1. The number of aryl methyl sites for hydroxylation is 1. The lowest BCUT2D eigenvalue weighted by atomic mass is 10.2. The first-order valence-corrected chi connectivity index (χ1v) is 11.0. The van der Waals surface area contributed by atoms with Gasteiger partial charge in [0.15, 0.2) is 10.9 Å². The SMILES string of the molecule is Cc1cc(NC(=O)C(C)SCC(=O)Nc2nc(-c3cccc(Br)c3)cs2)no1. The molecule has 3 aromatic rings. The van der Waals surface area contributed by atoms with E-state index in [-0.39, 0.29) is 17.6 Å². The maximum atomic E-state index is 12.2. The molecule has 0 spiro atoms. The first-order chi connectivity index (χ1) is 13.4. The maximum Gasteiger partial charge on any atom is 0.238 e. The van der Waals surface area contributed by atoms with E-state index in [1.807, 2.05) is 29.6 Å². The zero-order valence-electron chi connectivity index (χ0n) is 15.1. The Labute approximate surface area is 178 Å². The fourth-order valence-corrected chi connectivity index (χ4v) is 4.02. The van der Waals surface area contributed by atoms with Crippen molar-refractivity contribution < 1.29 is 14.1 Å². The number of rotatable bonds is 7. The number of hydrogen-bond donors (Lipinski definition) is 2. The van der Waals surface area contributed by atoms with Crippen LogP contribution in [-0.2, 0) is 9.59 Å². The van der Waals surface area contributed by atoms with Gasteiger partial charge in [-0.1, -0.05) is 33.2 Å². The molecular weight excluding hydrogens is 464 g/mol. The van der Waals surface area contributed by atoms with Crippen LogP contribution in [-0.4, -0.2) is 33.0 Å². The molecule has 1 unspecified atom stereocenters. The Balaban J connectivity index is 1.48. The van der Waals surface area contributed by atoms with Crippen LogP contribution in [0.1, 0.15) is 12.7 Å². The smallest absolute Gasteiger partial charge is 0.238 e. The Morgan fingerprint density at radius 1 is 1.32 bits per heavy atom. The lowest BCUT2D eigenvalue weighted by Gasteiger charge is -2.09. The molecule has 28 heavy (non-hydrogen) atoms. The van der Waals surface area contributed by atoms with E-state index in [0.717, 1.165) is 15.7 Å². The lowest BCUT2D eigenvalue weighted by molar-refractivity contribution is -0.115. The fourth-order valence-electron chi connectivity index (χ4n) is 2.20. The molecule has 0 aliphatic rings. The van der Waals surface area contributed by atoms with Crippen LogP contribution in [0.4, 0.5) is 10.9 Å². The third kappa shape index (κ3) is 5.66. The first kappa shape index (κ1) is 20.6. The molecule has 146 valence electrons.